The van der Waals surface area contributed by atoms with Crippen molar-refractivity contribution in [3.8, 4) is 22.8 Å². The Balaban J connectivity index is 1.52. The number of nitrogens with zero attached hydrogens (tertiary/aromatic N) is 2. The summed E-state index contributed by atoms with van der Waals surface area (Å²) < 4.78 is 11.5. The van der Waals surface area contributed by atoms with Crippen LogP contribution in [0.1, 0.15) is 63.5 Å². The van der Waals surface area contributed by atoms with Gasteiger partial charge in [-0.05, 0) is 73.2 Å². The Morgan fingerprint density at radius 2 is 2.05 bits per heavy atom. The van der Waals surface area contributed by atoms with Gasteiger partial charge in [0.2, 0.25) is 0 Å². The number of nitrogens with one attached hydrogen (secondary N) is 2. The lowest BCUT2D eigenvalue weighted by atomic mass is 9.87. The van der Waals surface area contributed by atoms with E-state index < -0.39 is 12.1 Å². The quantitative estimate of drug-likeness (QED) is 0.489. The number of aromatic nitrogens is 1. The van der Waals surface area contributed by atoms with Crippen LogP contribution in [0.4, 0.5) is 15.4 Å². The van der Waals surface area contributed by atoms with Crippen LogP contribution in [0, 0.1) is 11.3 Å². The van der Waals surface area contributed by atoms with E-state index in [2.05, 4.69) is 10.6 Å². The van der Waals surface area contributed by atoms with Crippen LogP contribution in [0.25, 0.3) is 11.3 Å². The second kappa shape index (κ2) is 10.2. The summed E-state index contributed by atoms with van der Waals surface area (Å²) in [5.74, 6) is 1.77. The van der Waals surface area contributed by atoms with Crippen LogP contribution < -0.4 is 15.4 Å². The molecular formula is C28H36N4O5. The van der Waals surface area contributed by atoms with Crippen molar-refractivity contribution < 1.29 is 24.2 Å². The molecule has 37 heavy (non-hydrogen) atoms. The molecule has 1 aromatic carbocycles. The number of pyridine rings is 1. The Kier molecular flexibility index (Phi) is 6.98. The Labute approximate surface area is 217 Å². The van der Waals surface area contributed by atoms with E-state index in [-0.39, 0.29) is 30.2 Å². The molecule has 2 fully saturated rings. The number of amides is 3. The summed E-state index contributed by atoms with van der Waals surface area (Å²) in [6.45, 7) is 8.52. The van der Waals surface area contributed by atoms with E-state index >= 15 is 0 Å². The molecule has 198 valence electrons. The fourth-order valence-corrected chi connectivity index (χ4v) is 4.76. The van der Waals surface area contributed by atoms with Crippen molar-refractivity contribution in [3.63, 3.8) is 0 Å². The number of phenolic OH excluding ortho intramolecular Hbond substituents is 1. The molecule has 3 heterocycles. The number of fused-ring (bicyclic) bond motifs is 1. The minimum atomic E-state index is -0.675. The lowest BCUT2D eigenvalue weighted by Gasteiger charge is -2.32. The Hall–Kier alpha value is -3.33. The number of carbonyl (C=O) groups is 2. The number of imide groups is 1. The predicted octanol–water partition coefficient (Wildman–Crippen LogP) is 5.24. The normalized spacial score (nSPS) is 19.7. The number of urea groups is 1. The second-order valence-electron chi connectivity index (χ2n) is 11.5. The molecule has 9 heteroatoms. The first kappa shape index (κ1) is 25.3. The van der Waals surface area contributed by atoms with Crippen LogP contribution in [-0.4, -0.2) is 53.4 Å². The molecule has 0 bridgehead atoms. The number of benzene rings is 1. The van der Waals surface area contributed by atoms with Crippen molar-refractivity contribution in [2.24, 2.45) is 11.3 Å². The third-order valence-electron chi connectivity index (χ3n) is 6.96. The van der Waals surface area contributed by atoms with Gasteiger partial charge in [0.05, 0.1) is 31.0 Å². The first-order chi connectivity index (χ1) is 17.7. The molecule has 5 rings (SSSR count). The standard InChI is InChI=1S/C28H36N4O5/c1-28(2,3)16-37-27(35)32-14-20-19(18-6-5-11-29-13-18)12-21(30-25(20)31-26(32)34)24-22(33)7-4-8-23(24)36-15-17-9-10-17/h4,7-8,12,17-18,29,33H,5-6,9-11,13-16H2,1-3H3,(H,30,31,34). The smallest absolute Gasteiger partial charge is 0.418 e. The van der Waals surface area contributed by atoms with Crippen LogP contribution in [0.5, 0.6) is 11.5 Å². The average Bonchev–Trinajstić information content (AvgIpc) is 3.70. The zero-order chi connectivity index (χ0) is 26.2. The van der Waals surface area contributed by atoms with Gasteiger partial charge in [-0.25, -0.2) is 19.5 Å². The summed E-state index contributed by atoms with van der Waals surface area (Å²) in [6.07, 6.45) is 3.63. The van der Waals surface area contributed by atoms with Crippen LogP contribution in [-0.2, 0) is 11.3 Å². The predicted molar refractivity (Wildman–Crippen MR) is 140 cm³/mol. The van der Waals surface area contributed by atoms with Gasteiger partial charge < -0.3 is 19.9 Å². The van der Waals surface area contributed by atoms with Crippen molar-refractivity contribution in [1.82, 2.24) is 15.2 Å². The largest absolute Gasteiger partial charge is 0.507 e. The number of rotatable bonds is 6. The maximum absolute atomic E-state index is 13.0. The van der Waals surface area contributed by atoms with E-state index in [4.69, 9.17) is 14.5 Å². The highest BCUT2D eigenvalue weighted by atomic mass is 16.6. The van der Waals surface area contributed by atoms with Crippen molar-refractivity contribution in [2.75, 3.05) is 31.6 Å². The number of carbonyl (C=O) groups excluding carboxylic acids is 2. The summed E-state index contributed by atoms with van der Waals surface area (Å²) in [4.78, 5) is 31.6. The van der Waals surface area contributed by atoms with Gasteiger partial charge in [-0.2, -0.15) is 0 Å². The molecule has 3 aliphatic rings. The minimum Gasteiger partial charge on any atom is -0.507 e. The van der Waals surface area contributed by atoms with E-state index in [1.54, 1.807) is 12.1 Å². The molecule has 2 aromatic rings. The highest BCUT2D eigenvalue weighted by Crippen LogP contribution is 2.42. The molecule has 1 aliphatic carbocycles. The van der Waals surface area contributed by atoms with Gasteiger partial charge in [0.25, 0.3) is 0 Å². The molecule has 1 unspecified atom stereocenters. The van der Waals surface area contributed by atoms with Crippen molar-refractivity contribution in [3.05, 3.63) is 35.4 Å². The topological polar surface area (TPSA) is 113 Å². The van der Waals surface area contributed by atoms with Crippen LogP contribution in [0.2, 0.25) is 0 Å². The number of phenols is 1. The molecule has 9 nitrogen and oxygen atoms in total. The van der Waals surface area contributed by atoms with Gasteiger partial charge in [0, 0.05) is 12.1 Å². The van der Waals surface area contributed by atoms with Crippen LogP contribution in [0.15, 0.2) is 24.3 Å². The molecule has 1 atom stereocenters. The van der Waals surface area contributed by atoms with Gasteiger partial charge in [-0.15, -0.1) is 0 Å². The van der Waals surface area contributed by atoms with E-state index in [1.807, 2.05) is 32.9 Å². The molecule has 0 radical (unpaired) electrons. The highest BCUT2D eigenvalue weighted by Gasteiger charge is 2.35. The third kappa shape index (κ3) is 5.82. The second-order valence-corrected chi connectivity index (χ2v) is 11.5. The van der Waals surface area contributed by atoms with Crippen LogP contribution in [0.3, 0.4) is 0 Å². The lowest BCUT2D eigenvalue weighted by Crippen LogP contribution is -2.44. The first-order valence-corrected chi connectivity index (χ1v) is 13.1. The van der Waals surface area contributed by atoms with Gasteiger partial charge in [0.1, 0.15) is 17.3 Å². The molecule has 3 N–H and O–H groups in total. The molecule has 3 amide bonds. The number of hydrogen-bond donors (Lipinski definition) is 3. The zero-order valence-corrected chi connectivity index (χ0v) is 21.8. The zero-order valence-electron chi connectivity index (χ0n) is 21.8. The van der Waals surface area contributed by atoms with Gasteiger partial charge in [-0.1, -0.05) is 26.8 Å². The fraction of sp³-hybridized carbons (Fsp3) is 0.536. The molecule has 0 spiro atoms. The number of hydrogen-bond acceptors (Lipinski definition) is 7. The molecular weight excluding hydrogens is 472 g/mol. The molecule has 1 saturated heterocycles. The van der Waals surface area contributed by atoms with Crippen molar-refractivity contribution in [1.29, 1.82) is 0 Å². The van der Waals surface area contributed by atoms with E-state index in [0.717, 1.165) is 54.8 Å². The lowest BCUT2D eigenvalue weighted by molar-refractivity contribution is 0.0791. The molecule has 1 saturated carbocycles. The SMILES string of the molecule is CC(C)(C)COC(=O)N1Cc2c(C3CCCNC3)cc(-c3c(O)cccc3OCC3CC3)nc2NC1=O. The Morgan fingerprint density at radius 1 is 1.24 bits per heavy atom. The van der Waals surface area contributed by atoms with E-state index in [0.29, 0.717) is 35.3 Å². The summed E-state index contributed by atoms with van der Waals surface area (Å²) in [5.41, 5.74) is 2.62. The average molecular weight is 509 g/mol. The monoisotopic (exact) mass is 508 g/mol. The maximum atomic E-state index is 13.0. The Bertz CT molecular complexity index is 1180. The molecule has 1 aromatic heterocycles. The number of aromatic hydroxyl groups is 1. The first-order valence-electron chi connectivity index (χ1n) is 13.1. The van der Waals surface area contributed by atoms with Gasteiger partial charge in [-0.3, -0.25) is 5.32 Å². The fourth-order valence-electron chi connectivity index (χ4n) is 4.76. The third-order valence-corrected chi connectivity index (χ3v) is 6.96. The molecule has 2 aliphatic heterocycles. The van der Waals surface area contributed by atoms with Gasteiger partial charge >= 0.3 is 12.1 Å². The van der Waals surface area contributed by atoms with E-state index in [9.17, 15) is 14.7 Å². The summed E-state index contributed by atoms with van der Waals surface area (Å²) >= 11 is 0. The van der Waals surface area contributed by atoms with Gasteiger partial charge in [0.15, 0.2) is 0 Å². The van der Waals surface area contributed by atoms with Crippen molar-refractivity contribution in [2.45, 2.75) is 58.9 Å². The minimum absolute atomic E-state index is 0.0722. The van der Waals surface area contributed by atoms with Crippen molar-refractivity contribution >= 4 is 17.9 Å². The maximum Gasteiger partial charge on any atom is 0.418 e. The number of ether oxygens (including phenoxy) is 2. The van der Waals surface area contributed by atoms with E-state index in [1.165, 1.54) is 0 Å². The number of anilines is 1. The summed E-state index contributed by atoms with van der Waals surface area (Å²) in [7, 11) is 0. The highest BCUT2D eigenvalue weighted by molar-refractivity contribution is 6.01. The number of piperidine rings is 1. The van der Waals surface area contributed by atoms with Crippen LogP contribution >= 0.6 is 0 Å². The Morgan fingerprint density at radius 3 is 2.76 bits per heavy atom. The summed E-state index contributed by atoms with van der Waals surface area (Å²) in [5, 5.41) is 17.1. The summed E-state index contributed by atoms with van der Waals surface area (Å²) in [6, 6.07) is 6.62.